The molecule has 0 radical (unpaired) electrons. The van der Waals surface area contributed by atoms with Crippen molar-refractivity contribution in [1.29, 1.82) is 0 Å². The number of hydrogen-bond acceptors (Lipinski definition) is 4. The Kier molecular flexibility index (Phi) is 4.10. The van der Waals surface area contributed by atoms with E-state index in [-0.39, 0.29) is 5.56 Å². The topological polar surface area (TPSA) is 106 Å². The van der Waals surface area contributed by atoms with Crippen LogP contribution in [0.25, 0.3) is 0 Å². The number of carboxylic acid groups (broad SMARTS) is 1. The zero-order valence-electron chi connectivity index (χ0n) is 9.35. The second-order valence-electron chi connectivity index (χ2n) is 3.75. The molecule has 1 unspecified atom stereocenters. The SMILES string of the molecule is NC(Cc1cc(C(F)(F)F)ccc1[N+](=O)[O-])C(=O)O. The van der Waals surface area contributed by atoms with Crippen molar-refractivity contribution in [2.24, 2.45) is 5.73 Å². The van der Waals surface area contributed by atoms with Crippen LogP contribution in [0.1, 0.15) is 11.1 Å². The molecule has 0 fully saturated rings. The fraction of sp³-hybridized carbons (Fsp3) is 0.300. The van der Waals surface area contributed by atoms with Gasteiger partial charge >= 0.3 is 12.1 Å². The lowest BCUT2D eigenvalue weighted by Crippen LogP contribution is -2.32. The van der Waals surface area contributed by atoms with Crippen molar-refractivity contribution < 1.29 is 28.0 Å². The van der Waals surface area contributed by atoms with E-state index in [2.05, 4.69) is 0 Å². The molecule has 0 saturated carbocycles. The van der Waals surface area contributed by atoms with E-state index in [0.717, 1.165) is 0 Å². The molecule has 1 aromatic rings. The quantitative estimate of drug-likeness (QED) is 0.642. The van der Waals surface area contributed by atoms with E-state index in [1.165, 1.54) is 0 Å². The molecule has 104 valence electrons. The first kappa shape index (κ1) is 14.9. The number of nitro benzene ring substituents is 1. The molecule has 0 saturated heterocycles. The molecule has 0 heterocycles. The molecule has 0 spiro atoms. The standard InChI is InChI=1S/C10H9F3N2O4/c11-10(12,13)6-1-2-8(15(18)19)5(3-6)4-7(14)9(16)17/h1-3,7H,4,14H2,(H,16,17). The van der Waals surface area contributed by atoms with Gasteiger partial charge in [0.25, 0.3) is 5.69 Å². The van der Waals surface area contributed by atoms with Crippen molar-refractivity contribution in [2.75, 3.05) is 0 Å². The third-order valence-electron chi connectivity index (χ3n) is 2.36. The summed E-state index contributed by atoms with van der Waals surface area (Å²) in [6, 6.07) is 0.281. The third kappa shape index (κ3) is 3.65. The van der Waals surface area contributed by atoms with Crippen LogP contribution in [-0.4, -0.2) is 22.0 Å². The summed E-state index contributed by atoms with van der Waals surface area (Å²) in [7, 11) is 0. The first-order chi connectivity index (χ1) is 8.62. The van der Waals surface area contributed by atoms with Gasteiger partial charge in [-0.05, 0) is 12.1 Å². The van der Waals surface area contributed by atoms with Crippen LogP contribution in [-0.2, 0) is 17.4 Å². The predicted molar refractivity (Wildman–Crippen MR) is 57.4 cm³/mol. The van der Waals surface area contributed by atoms with Crippen molar-refractivity contribution in [2.45, 2.75) is 18.6 Å². The Morgan fingerprint density at radius 3 is 2.47 bits per heavy atom. The summed E-state index contributed by atoms with van der Waals surface area (Å²) in [6.45, 7) is 0. The minimum atomic E-state index is -4.67. The largest absolute Gasteiger partial charge is 0.480 e. The van der Waals surface area contributed by atoms with Gasteiger partial charge in [0.2, 0.25) is 0 Å². The van der Waals surface area contributed by atoms with Crippen LogP contribution >= 0.6 is 0 Å². The van der Waals surface area contributed by atoms with Crippen molar-refractivity contribution in [3.63, 3.8) is 0 Å². The van der Waals surface area contributed by atoms with Gasteiger partial charge in [0.05, 0.1) is 10.5 Å². The summed E-state index contributed by atoms with van der Waals surface area (Å²) in [6.07, 6.45) is -5.23. The van der Waals surface area contributed by atoms with Crippen molar-refractivity contribution in [1.82, 2.24) is 0 Å². The Bertz CT molecular complexity index is 516. The van der Waals surface area contributed by atoms with Crippen LogP contribution in [0.15, 0.2) is 18.2 Å². The second kappa shape index (κ2) is 5.22. The molecular formula is C10H9F3N2O4. The van der Waals surface area contributed by atoms with Crippen molar-refractivity contribution in [3.05, 3.63) is 39.4 Å². The molecule has 0 aromatic heterocycles. The van der Waals surface area contributed by atoms with Crippen molar-refractivity contribution >= 4 is 11.7 Å². The van der Waals surface area contributed by atoms with E-state index in [1.54, 1.807) is 0 Å². The second-order valence-corrected chi connectivity index (χ2v) is 3.75. The molecule has 3 N–H and O–H groups in total. The lowest BCUT2D eigenvalue weighted by atomic mass is 10.0. The van der Waals surface area contributed by atoms with Gasteiger partial charge in [-0.3, -0.25) is 14.9 Å². The molecule has 6 nitrogen and oxygen atoms in total. The summed E-state index contributed by atoms with van der Waals surface area (Å²) < 4.78 is 37.4. The van der Waals surface area contributed by atoms with Gasteiger partial charge in [-0.1, -0.05) is 0 Å². The number of nitro groups is 1. The average molecular weight is 278 g/mol. The molecular weight excluding hydrogens is 269 g/mol. The number of alkyl halides is 3. The highest BCUT2D eigenvalue weighted by Crippen LogP contribution is 2.32. The van der Waals surface area contributed by atoms with Gasteiger partial charge in [0.15, 0.2) is 0 Å². The van der Waals surface area contributed by atoms with Gasteiger partial charge in [-0.25, -0.2) is 0 Å². The maximum atomic E-state index is 12.5. The Morgan fingerprint density at radius 1 is 1.47 bits per heavy atom. The number of hydrogen-bond donors (Lipinski definition) is 2. The minimum absolute atomic E-state index is 0.366. The monoisotopic (exact) mass is 278 g/mol. The molecule has 1 aromatic carbocycles. The highest BCUT2D eigenvalue weighted by atomic mass is 19.4. The Morgan fingerprint density at radius 2 is 2.05 bits per heavy atom. The summed E-state index contributed by atoms with van der Waals surface area (Å²) in [5.74, 6) is -1.45. The minimum Gasteiger partial charge on any atom is -0.480 e. The van der Waals surface area contributed by atoms with E-state index in [4.69, 9.17) is 10.8 Å². The summed E-state index contributed by atoms with van der Waals surface area (Å²) in [5, 5.41) is 19.3. The summed E-state index contributed by atoms with van der Waals surface area (Å²) >= 11 is 0. The van der Waals surface area contributed by atoms with Crippen LogP contribution in [0.2, 0.25) is 0 Å². The molecule has 9 heteroatoms. The zero-order chi connectivity index (χ0) is 14.8. The van der Waals surface area contributed by atoms with Crippen LogP contribution in [0.4, 0.5) is 18.9 Å². The molecule has 0 amide bonds. The van der Waals surface area contributed by atoms with E-state index < -0.39 is 40.8 Å². The Balaban J connectivity index is 3.23. The molecule has 0 aliphatic rings. The number of carboxylic acids is 1. The molecule has 1 atom stereocenters. The van der Waals surface area contributed by atoms with Gasteiger partial charge in [-0.15, -0.1) is 0 Å². The lowest BCUT2D eigenvalue weighted by Gasteiger charge is -2.11. The summed E-state index contributed by atoms with van der Waals surface area (Å²) in [4.78, 5) is 20.3. The van der Waals surface area contributed by atoms with Crippen LogP contribution < -0.4 is 5.73 Å². The van der Waals surface area contributed by atoms with Crippen LogP contribution in [0.5, 0.6) is 0 Å². The number of carbonyl (C=O) groups is 1. The molecule has 0 aliphatic carbocycles. The van der Waals surface area contributed by atoms with Gasteiger partial charge in [0, 0.05) is 18.1 Å². The lowest BCUT2D eigenvalue weighted by molar-refractivity contribution is -0.385. The highest BCUT2D eigenvalue weighted by molar-refractivity contribution is 5.73. The third-order valence-corrected chi connectivity index (χ3v) is 2.36. The molecule has 0 aliphatic heterocycles. The van der Waals surface area contributed by atoms with Gasteiger partial charge in [0.1, 0.15) is 6.04 Å². The normalized spacial score (nSPS) is 13.1. The number of halogens is 3. The maximum absolute atomic E-state index is 12.5. The Hall–Kier alpha value is -2.16. The zero-order valence-corrected chi connectivity index (χ0v) is 9.35. The van der Waals surface area contributed by atoms with E-state index >= 15 is 0 Å². The molecule has 1 rings (SSSR count). The fourth-order valence-electron chi connectivity index (χ4n) is 1.43. The average Bonchev–Trinajstić information content (AvgIpc) is 2.27. The number of nitrogens with two attached hydrogens (primary N) is 1. The predicted octanol–water partition coefficient (Wildman–Crippen LogP) is 1.57. The fourth-order valence-corrected chi connectivity index (χ4v) is 1.43. The molecule has 0 bridgehead atoms. The Labute approximate surface area is 104 Å². The number of rotatable bonds is 4. The number of nitrogens with zero attached hydrogens (tertiary/aromatic N) is 1. The van der Waals surface area contributed by atoms with E-state index in [1.807, 2.05) is 0 Å². The number of aliphatic carboxylic acids is 1. The highest BCUT2D eigenvalue weighted by Gasteiger charge is 2.32. The summed E-state index contributed by atoms with van der Waals surface area (Å²) in [5.41, 5.74) is 3.12. The van der Waals surface area contributed by atoms with Gasteiger partial charge in [-0.2, -0.15) is 13.2 Å². The van der Waals surface area contributed by atoms with Crippen molar-refractivity contribution in [3.8, 4) is 0 Å². The van der Waals surface area contributed by atoms with E-state index in [9.17, 15) is 28.1 Å². The van der Waals surface area contributed by atoms with Crippen LogP contribution in [0.3, 0.4) is 0 Å². The first-order valence-corrected chi connectivity index (χ1v) is 4.96. The maximum Gasteiger partial charge on any atom is 0.416 e. The van der Waals surface area contributed by atoms with E-state index in [0.29, 0.717) is 18.2 Å². The van der Waals surface area contributed by atoms with Crippen LogP contribution in [0, 0.1) is 10.1 Å². The number of benzene rings is 1. The first-order valence-electron chi connectivity index (χ1n) is 4.96. The van der Waals surface area contributed by atoms with Gasteiger partial charge < -0.3 is 10.8 Å². The molecule has 19 heavy (non-hydrogen) atoms. The smallest absolute Gasteiger partial charge is 0.416 e.